The second kappa shape index (κ2) is 8.57. The van der Waals surface area contributed by atoms with Gasteiger partial charge in [-0.15, -0.1) is 0 Å². The Morgan fingerprint density at radius 3 is 2.19 bits per heavy atom. The molecule has 0 aliphatic heterocycles. The minimum Gasteiger partial charge on any atom is -0.477 e. The number of benzene rings is 2. The van der Waals surface area contributed by atoms with Gasteiger partial charge in [0, 0.05) is 18.4 Å². The van der Waals surface area contributed by atoms with E-state index in [1.807, 2.05) is 53.8 Å². The van der Waals surface area contributed by atoms with Crippen LogP contribution in [0.15, 0.2) is 48.5 Å². The maximum atomic E-state index is 13.1. The van der Waals surface area contributed by atoms with Gasteiger partial charge in [-0.2, -0.15) is 8.78 Å². The van der Waals surface area contributed by atoms with Gasteiger partial charge in [-0.3, -0.25) is 4.79 Å². The quantitative estimate of drug-likeness (QED) is 0.581. The van der Waals surface area contributed by atoms with E-state index >= 15 is 0 Å². The van der Waals surface area contributed by atoms with Gasteiger partial charge in [-0.1, -0.05) is 48.5 Å². The van der Waals surface area contributed by atoms with E-state index in [0.717, 1.165) is 22.3 Å². The van der Waals surface area contributed by atoms with Crippen LogP contribution in [0.1, 0.15) is 23.5 Å². The lowest BCUT2D eigenvalue weighted by Crippen LogP contribution is -2.43. The molecule has 168 valence electrons. The number of rotatable bonds is 8. The first-order valence-corrected chi connectivity index (χ1v) is 10.3. The van der Waals surface area contributed by atoms with Crippen LogP contribution in [-0.4, -0.2) is 48.7 Å². The second-order valence-electron chi connectivity index (χ2n) is 8.04. The van der Waals surface area contributed by atoms with Gasteiger partial charge >= 0.3 is 18.0 Å². The van der Waals surface area contributed by atoms with Crippen molar-refractivity contribution in [2.45, 2.75) is 18.3 Å². The molecule has 1 fully saturated rings. The summed E-state index contributed by atoms with van der Waals surface area (Å²) in [5.74, 6) is -7.75. The van der Waals surface area contributed by atoms with E-state index in [1.165, 1.54) is 0 Å². The molecule has 0 spiro atoms. The number of halogens is 2. The molecule has 0 heterocycles. The van der Waals surface area contributed by atoms with Gasteiger partial charge in [0.05, 0.1) is 6.54 Å². The third kappa shape index (κ3) is 4.42. The Hall–Kier alpha value is -3.49. The summed E-state index contributed by atoms with van der Waals surface area (Å²) in [7, 11) is 0. The summed E-state index contributed by atoms with van der Waals surface area (Å²) in [5, 5.41) is 12.9. The lowest BCUT2D eigenvalue weighted by Gasteiger charge is -2.14. The standard InChI is InChI=1S/C23H22F2N2O5/c24-23(25,21(29)30)12-27-20(28)18-9-13(18)10-26-22(31)32-11-19-16-7-3-1-5-14(16)15-6-2-4-8-17(15)19/h1-8,13,18-19H,9-12H2,(H,26,31)(H,27,28)(H,29,30)/t13-,18-/m0/s1. The zero-order chi connectivity index (χ0) is 22.9. The first kappa shape index (κ1) is 21.7. The van der Waals surface area contributed by atoms with E-state index in [2.05, 4.69) is 5.32 Å². The Morgan fingerprint density at radius 2 is 1.59 bits per heavy atom. The molecule has 0 bridgehead atoms. The summed E-state index contributed by atoms with van der Waals surface area (Å²) in [5.41, 5.74) is 4.44. The molecule has 2 aliphatic carbocycles. The highest BCUT2D eigenvalue weighted by molar-refractivity contribution is 5.83. The van der Waals surface area contributed by atoms with Crippen LogP contribution in [0.5, 0.6) is 0 Å². The minimum absolute atomic E-state index is 0.0662. The summed E-state index contributed by atoms with van der Waals surface area (Å²) in [6, 6.07) is 15.9. The van der Waals surface area contributed by atoms with Crippen LogP contribution in [0.3, 0.4) is 0 Å². The predicted octanol–water partition coefficient (Wildman–Crippen LogP) is 3.00. The number of alkyl halides is 2. The maximum absolute atomic E-state index is 13.1. The first-order chi connectivity index (χ1) is 15.3. The van der Waals surface area contributed by atoms with E-state index in [9.17, 15) is 23.2 Å². The van der Waals surface area contributed by atoms with Crippen molar-refractivity contribution in [2.75, 3.05) is 19.7 Å². The summed E-state index contributed by atoms with van der Waals surface area (Å²) in [6.07, 6.45) is -0.191. The van der Waals surface area contributed by atoms with Gasteiger partial charge < -0.3 is 20.5 Å². The molecule has 3 N–H and O–H groups in total. The number of ether oxygens (including phenoxy) is 1. The number of hydrogen-bond donors (Lipinski definition) is 3. The average molecular weight is 444 g/mol. The molecule has 2 aliphatic rings. The summed E-state index contributed by atoms with van der Waals surface area (Å²) >= 11 is 0. The number of carboxylic acid groups (broad SMARTS) is 1. The Labute approximate surface area is 182 Å². The SMILES string of the molecule is O=C(NC[C@@H]1C[C@@H]1C(=O)NCC(F)(F)C(=O)O)OCC1c2ccccc2-c2ccccc21. The van der Waals surface area contributed by atoms with E-state index in [1.54, 1.807) is 0 Å². The fourth-order valence-electron chi connectivity index (χ4n) is 4.06. The van der Waals surface area contributed by atoms with Crippen molar-refractivity contribution in [1.29, 1.82) is 0 Å². The third-order valence-corrected chi connectivity index (χ3v) is 5.91. The Bertz CT molecular complexity index is 1010. The topological polar surface area (TPSA) is 105 Å². The Kier molecular flexibility index (Phi) is 5.82. The van der Waals surface area contributed by atoms with Crippen molar-refractivity contribution in [2.24, 2.45) is 11.8 Å². The largest absolute Gasteiger partial charge is 0.477 e. The number of amides is 2. The number of hydrogen-bond acceptors (Lipinski definition) is 4. The van der Waals surface area contributed by atoms with Gasteiger partial charge in [-0.05, 0) is 34.6 Å². The monoisotopic (exact) mass is 444 g/mol. The number of nitrogens with one attached hydrogen (secondary N) is 2. The molecule has 0 unspecified atom stereocenters. The number of carbonyl (C=O) groups is 3. The molecule has 0 aromatic heterocycles. The van der Waals surface area contributed by atoms with Crippen molar-refractivity contribution in [3.63, 3.8) is 0 Å². The summed E-state index contributed by atoms with van der Waals surface area (Å²) in [4.78, 5) is 34.4. The minimum atomic E-state index is -4.01. The molecular weight excluding hydrogens is 422 g/mol. The highest BCUT2D eigenvalue weighted by atomic mass is 19.3. The smallest absolute Gasteiger partial charge is 0.407 e. The van der Waals surface area contributed by atoms with Crippen LogP contribution < -0.4 is 10.6 Å². The van der Waals surface area contributed by atoms with Crippen molar-refractivity contribution < 1.29 is 33.0 Å². The molecule has 0 saturated heterocycles. The zero-order valence-corrected chi connectivity index (χ0v) is 17.0. The van der Waals surface area contributed by atoms with Crippen molar-refractivity contribution in [1.82, 2.24) is 10.6 Å². The second-order valence-corrected chi connectivity index (χ2v) is 8.04. The third-order valence-electron chi connectivity index (χ3n) is 5.91. The van der Waals surface area contributed by atoms with Crippen molar-refractivity contribution in [3.05, 3.63) is 59.7 Å². The molecular formula is C23H22F2N2O5. The number of carbonyl (C=O) groups excluding carboxylic acids is 2. The fraction of sp³-hybridized carbons (Fsp3) is 0.348. The van der Waals surface area contributed by atoms with Crippen LogP contribution in [0.25, 0.3) is 11.1 Å². The number of fused-ring (bicyclic) bond motifs is 3. The van der Waals surface area contributed by atoms with Crippen molar-refractivity contribution >= 4 is 18.0 Å². The van der Waals surface area contributed by atoms with Crippen LogP contribution >= 0.6 is 0 Å². The van der Waals surface area contributed by atoms with Gasteiger partial charge in [0.25, 0.3) is 0 Å². The first-order valence-electron chi connectivity index (χ1n) is 10.3. The van der Waals surface area contributed by atoms with E-state index < -0.39 is 36.4 Å². The molecule has 2 amide bonds. The van der Waals surface area contributed by atoms with Crippen LogP contribution in [0, 0.1) is 11.8 Å². The van der Waals surface area contributed by atoms with Crippen LogP contribution in [-0.2, 0) is 14.3 Å². The van der Waals surface area contributed by atoms with Gasteiger partial charge in [0.2, 0.25) is 5.91 Å². The predicted molar refractivity (Wildman–Crippen MR) is 110 cm³/mol. The normalized spacial score (nSPS) is 18.9. The summed E-state index contributed by atoms with van der Waals surface area (Å²) in [6.45, 7) is -0.924. The molecule has 2 aromatic carbocycles. The van der Waals surface area contributed by atoms with E-state index in [4.69, 9.17) is 9.84 Å². The zero-order valence-electron chi connectivity index (χ0n) is 17.0. The van der Waals surface area contributed by atoms with E-state index in [0.29, 0.717) is 6.42 Å². The van der Waals surface area contributed by atoms with Gasteiger partial charge in [0.1, 0.15) is 6.61 Å². The lowest BCUT2D eigenvalue weighted by atomic mass is 9.98. The highest BCUT2D eigenvalue weighted by Gasteiger charge is 2.45. The molecule has 2 atom stereocenters. The fourth-order valence-corrected chi connectivity index (χ4v) is 4.06. The molecule has 0 radical (unpaired) electrons. The number of alkyl carbamates (subject to hydrolysis) is 1. The Balaban J connectivity index is 1.23. The number of carboxylic acids is 1. The molecule has 4 rings (SSSR count). The molecule has 1 saturated carbocycles. The van der Waals surface area contributed by atoms with Crippen LogP contribution in [0.4, 0.5) is 13.6 Å². The van der Waals surface area contributed by atoms with Gasteiger partial charge in [0.15, 0.2) is 0 Å². The highest BCUT2D eigenvalue weighted by Crippen LogP contribution is 2.44. The molecule has 7 nitrogen and oxygen atoms in total. The lowest BCUT2D eigenvalue weighted by molar-refractivity contribution is -0.164. The summed E-state index contributed by atoms with van der Waals surface area (Å²) < 4.78 is 31.5. The number of aliphatic carboxylic acids is 1. The Morgan fingerprint density at radius 1 is 1.00 bits per heavy atom. The average Bonchev–Trinajstić information content (AvgIpc) is 3.50. The van der Waals surface area contributed by atoms with Crippen LogP contribution in [0.2, 0.25) is 0 Å². The van der Waals surface area contributed by atoms with Crippen molar-refractivity contribution in [3.8, 4) is 11.1 Å². The maximum Gasteiger partial charge on any atom is 0.407 e. The molecule has 32 heavy (non-hydrogen) atoms. The van der Waals surface area contributed by atoms with E-state index in [-0.39, 0.29) is 25.0 Å². The molecule has 2 aromatic rings. The molecule has 9 heteroatoms. The van der Waals surface area contributed by atoms with Gasteiger partial charge in [-0.25, -0.2) is 9.59 Å².